The molecule has 10 rings (SSSR count). The van der Waals surface area contributed by atoms with Crippen LogP contribution >= 0.6 is 11.3 Å². The molecule has 4 aliphatic rings. The molecule has 362 valence electrons. The first-order valence-corrected chi connectivity index (χ1v) is 25.0. The number of imidazole rings is 2. The van der Waals surface area contributed by atoms with Gasteiger partial charge >= 0.3 is 12.2 Å². The van der Waals surface area contributed by atoms with Crippen LogP contribution in [0, 0.1) is 18.8 Å². The maximum Gasteiger partial charge on any atom is 0.407 e. The Morgan fingerprint density at radius 1 is 0.783 bits per heavy atom. The third-order valence-corrected chi connectivity index (χ3v) is 15.7. The summed E-state index contributed by atoms with van der Waals surface area (Å²) in [4.78, 5) is 77.2. The number of fused-ring (bicyclic) bond motifs is 5. The summed E-state index contributed by atoms with van der Waals surface area (Å²) < 4.78 is 19.1. The number of methoxy groups -OCH3 is 2. The SMILES string of the molecule is COC(=O)N[C@H](C(=O)N1CCC[C@H]1c1ncc(-c2cc(C)c3c(c2)OC(c2c[nH+]c(C4CCC4)s2)n2c-3cc3cc(-c4cnc([C@@H]5CCCN5C(=O)[C@@H](NC(=O)OC)C(C)C)[nH]4)ccc32)[nH]1)C(C)C. The van der Waals surface area contributed by atoms with Crippen LogP contribution in [-0.4, -0.2) is 97.7 Å². The Morgan fingerprint density at radius 3 is 1.93 bits per heavy atom. The molecular formula is C51H61N10O7S+. The van der Waals surface area contributed by atoms with E-state index in [9.17, 15) is 19.2 Å². The van der Waals surface area contributed by atoms with Crippen LogP contribution in [0.3, 0.4) is 0 Å². The highest BCUT2D eigenvalue weighted by molar-refractivity contribution is 7.11. The minimum Gasteiger partial charge on any atom is -0.464 e. The monoisotopic (exact) mass is 957 g/mol. The standard InChI is InChI=1S/C51H60N10O7S/c1-26(2)42(57-50(64)66-6)47(62)59-17-9-13-36(59)44-52-23-33(55-44)30-15-16-35-32(20-30)21-38-41-28(5)19-31(22-39(41)68-49(61(35)38)40-25-54-46(69-40)29-11-8-12-29)34-24-53-45(56-34)37-14-10-18-60(37)48(63)43(27(3)4)58-51(65)67-7/h15-16,19-27,29,36-37,42-43,49H,8-14,17-18H2,1-7H3,(H,52,55)(H,53,56)(H,57,64)(H,58,65)/p+1/t36-,37-,42-,43-,49?/m0/s1. The zero-order chi connectivity index (χ0) is 48.2. The summed E-state index contributed by atoms with van der Waals surface area (Å²) in [5.41, 5.74) is 7.67. The normalized spacial score (nSPS) is 19.8. The molecule has 2 saturated heterocycles. The minimum atomic E-state index is -0.721. The molecule has 3 aliphatic heterocycles. The third-order valence-electron chi connectivity index (χ3n) is 14.5. The number of hydrogen-bond acceptors (Lipinski definition) is 10. The van der Waals surface area contributed by atoms with Gasteiger partial charge in [0, 0.05) is 35.2 Å². The smallest absolute Gasteiger partial charge is 0.407 e. The number of rotatable bonds is 12. The van der Waals surface area contributed by atoms with Crippen LogP contribution in [0.4, 0.5) is 9.59 Å². The van der Waals surface area contributed by atoms with Gasteiger partial charge in [-0.1, -0.05) is 51.5 Å². The molecule has 18 heteroatoms. The van der Waals surface area contributed by atoms with E-state index in [-0.39, 0.29) is 35.7 Å². The van der Waals surface area contributed by atoms with Crippen molar-refractivity contribution >= 4 is 46.2 Å². The van der Waals surface area contributed by atoms with Crippen LogP contribution in [0.1, 0.15) is 124 Å². The molecule has 4 aromatic heterocycles. The molecule has 1 saturated carbocycles. The zero-order valence-electron chi connectivity index (χ0n) is 40.2. The minimum absolute atomic E-state index is 0.128. The zero-order valence-corrected chi connectivity index (χ0v) is 41.0. The van der Waals surface area contributed by atoms with E-state index in [0.29, 0.717) is 30.7 Å². The lowest BCUT2D eigenvalue weighted by molar-refractivity contribution is -0.387. The number of thiazole rings is 1. The maximum absolute atomic E-state index is 13.9. The van der Waals surface area contributed by atoms with Gasteiger partial charge in [-0.15, -0.1) is 0 Å². The fourth-order valence-corrected chi connectivity index (χ4v) is 11.7. The van der Waals surface area contributed by atoms with Gasteiger partial charge in [-0.05, 0) is 93.2 Å². The number of H-pyrrole nitrogens is 3. The Balaban J connectivity index is 0.968. The predicted molar refractivity (Wildman–Crippen MR) is 259 cm³/mol. The second-order valence-electron chi connectivity index (χ2n) is 19.6. The number of likely N-dealkylation sites (tertiary alicyclic amines) is 2. The van der Waals surface area contributed by atoms with Gasteiger partial charge in [0.25, 0.3) is 0 Å². The number of ether oxygens (including phenoxy) is 3. The number of benzene rings is 2. The number of alkyl carbamates (subject to hydrolysis) is 2. The molecule has 0 radical (unpaired) electrons. The molecule has 0 spiro atoms. The Morgan fingerprint density at radius 2 is 1.38 bits per heavy atom. The van der Waals surface area contributed by atoms with Crippen LogP contribution in [-0.2, 0) is 19.1 Å². The quantitative estimate of drug-likeness (QED) is 0.0927. The van der Waals surface area contributed by atoms with E-state index in [1.54, 1.807) is 11.3 Å². The van der Waals surface area contributed by atoms with Crippen molar-refractivity contribution in [1.82, 2.24) is 44.9 Å². The first-order valence-electron chi connectivity index (χ1n) is 24.2. The van der Waals surface area contributed by atoms with Crippen LogP contribution in [0.15, 0.2) is 55.0 Å². The van der Waals surface area contributed by atoms with Crippen molar-refractivity contribution in [2.75, 3.05) is 27.3 Å². The fraction of sp³-hybridized carbons (Fsp3) is 0.471. The summed E-state index contributed by atoms with van der Waals surface area (Å²) in [6.07, 6.45) is 10.9. The van der Waals surface area contributed by atoms with E-state index in [1.807, 2.05) is 49.9 Å². The van der Waals surface area contributed by atoms with Gasteiger partial charge in [0.2, 0.25) is 23.0 Å². The van der Waals surface area contributed by atoms with Crippen molar-refractivity contribution in [2.24, 2.45) is 11.8 Å². The largest absolute Gasteiger partial charge is 0.464 e. The molecule has 4 amide bonds. The van der Waals surface area contributed by atoms with Crippen LogP contribution in [0.25, 0.3) is 44.7 Å². The molecule has 1 aliphatic carbocycles. The summed E-state index contributed by atoms with van der Waals surface area (Å²) in [5.74, 6) is 2.16. The number of hydrogen-bond donors (Lipinski definition) is 4. The number of aromatic amines is 3. The van der Waals surface area contributed by atoms with Gasteiger partial charge in [-0.25, -0.2) is 24.5 Å². The summed E-state index contributed by atoms with van der Waals surface area (Å²) >= 11 is 1.78. The van der Waals surface area contributed by atoms with Crippen molar-refractivity contribution < 1.29 is 38.4 Å². The van der Waals surface area contributed by atoms with Gasteiger partial charge in [-0.2, -0.15) is 0 Å². The molecule has 2 aromatic carbocycles. The van der Waals surface area contributed by atoms with E-state index in [2.05, 4.69) is 79.7 Å². The number of aryl methyl sites for hydroxylation is 1. The third kappa shape index (κ3) is 8.50. The lowest BCUT2D eigenvalue weighted by Gasteiger charge is -2.30. The van der Waals surface area contributed by atoms with Crippen molar-refractivity contribution in [3.8, 4) is 39.5 Å². The van der Waals surface area contributed by atoms with E-state index in [0.717, 1.165) is 86.5 Å². The molecule has 6 aromatic rings. The Hall–Kier alpha value is -6.69. The number of nitrogens with one attached hydrogen (secondary N) is 5. The molecule has 69 heavy (non-hydrogen) atoms. The van der Waals surface area contributed by atoms with E-state index in [1.165, 1.54) is 38.5 Å². The van der Waals surface area contributed by atoms with Crippen molar-refractivity contribution in [1.29, 1.82) is 0 Å². The molecule has 1 unspecified atom stereocenters. The van der Waals surface area contributed by atoms with Crippen LogP contribution in [0.5, 0.6) is 5.75 Å². The Kier molecular flexibility index (Phi) is 12.5. The van der Waals surface area contributed by atoms with Crippen molar-refractivity contribution in [2.45, 2.75) is 116 Å². The Labute approximate surface area is 404 Å². The van der Waals surface area contributed by atoms with Gasteiger partial charge < -0.3 is 44.6 Å². The first kappa shape index (κ1) is 46.1. The molecule has 5 atom stereocenters. The second-order valence-corrected chi connectivity index (χ2v) is 20.7. The summed E-state index contributed by atoms with van der Waals surface area (Å²) in [6, 6.07) is 11.0. The van der Waals surface area contributed by atoms with E-state index >= 15 is 0 Å². The van der Waals surface area contributed by atoms with Crippen molar-refractivity contribution in [3.63, 3.8) is 0 Å². The van der Waals surface area contributed by atoms with Gasteiger partial charge in [0.15, 0.2) is 6.20 Å². The average Bonchev–Trinajstić information content (AvgIpc) is 4.18. The fourth-order valence-electron chi connectivity index (χ4n) is 10.6. The van der Waals surface area contributed by atoms with Gasteiger partial charge in [0.05, 0.1) is 67.2 Å². The molecule has 17 nitrogen and oxygen atoms in total. The average molecular weight is 958 g/mol. The number of carbonyl (C=O) groups excluding carboxylic acids is 4. The summed E-state index contributed by atoms with van der Waals surface area (Å²) in [7, 11) is 2.59. The Bertz CT molecular complexity index is 2930. The lowest BCUT2D eigenvalue weighted by atomic mass is 9.86. The highest BCUT2D eigenvalue weighted by Crippen LogP contribution is 2.49. The number of amides is 4. The maximum atomic E-state index is 13.9. The number of carbonyl (C=O) groups is 4. The second kappa shape index (κ2) is 18.7. The van der Waals surface area contributed by atoms with Crippen LogP contribution < -0.4 is 20.4 Å². The van der Waals surface area contributed by atoms with Gasteiger partial charge in [-0.3, -0.25) is 14.2 Å². The molecule has 3 fully saturated rings. The number of nitrogens with zero attached hydrogens (tertiary/aromatic N) is 5. The number of aromatic nitrogens is 6. The lowest BCUT2D eigenvalue weighted by Crippen LogP contribution is -2.51. The summed E-state index contributed by atoms with van der Waals surface area (Å²) in [6.45, 7) is 10.9. The van der Waals surface area contributed by atoms with Crippen LogP contribution in [0.2, 0.25) is 0 Å². The predicted octanol–water partition coefficient (Wildman–Crippen LogP) is 8.57. The summed E-state index contributed by atoms with van der Waals surface area (Å²) in [5, 5.41) is 7.79. The molecule has 0 bridgehead atoms. The first-order chi connectivity index (χ1) is 33.3. The molecule has 7 heterocycles. The molecule has 5 N–H and O–H groups in total. The van der Waals surface area contributed by atoms with Crippen molar-refractivity contribution in [3.05, 3.63) is 82.1 Å². The van der Waals surface area contributed by atoms with E-state index < -0.39 is 30.5 Å². The topological polar surface area (TPSA) is 203 Å². The highest BCUT2D eigenvalue weighted by Gasteiger charge is 2.40. The van der Waals surface area contributed by atoms with Gasteiger partial charge in [0.1, 0.15) is 34.4 Å². The molecular weight excluding hydrogens is 897 g/mol. The van der Waals surface area contributed by atoms with E-state index in [4.69, 9.17) is 24.2 Å². The highest BCUT2D eigenvalue weighted by atomic mass is 32.1.